The Morgan fingerprint density at radius 3 is 2.08 bits per heavy atom. The summed E-state index contributed by atoms with van der Waals surface area (Å²) in [6.45, 7) is 11.1. The molecule has 0 fully saturated rings. The Labute approximate surface area is 81.4 Å². The van der Waals surface area contributed by atoms with E-state index in [2.05, 4.69) is 58.4 Å². The van der Waals surface area contributed by atoms with Crippen LogP contribution in [0.15, 0.2) is 12.1 Å². The van der Waals surface area contributed by atoms with Gasteiger partial charge < -0.3 is 0 Å². The van der Waals surface area contributed by atoms with Crippen LogP contribution < -0.4 is 4.57 Å². The number of aromatic nitrogens is 1. The van der Waals surface area contributed by atoms with E-state index in [-0.39, 0.29) is 5.41 Å². The van der Waals surface area contributed by atoms with Gasteiger partial charge in [0.2, 0.25) is 0 Å². The third-order valence-corrected chi connectivity index (χ3v) is 2.72. The molecule has 72 valence electrons. The summed E-state index contributed by atoms with van der Waals surface area (Å²) in [7, 11) is 2.12. The highest BCUT2D eigenvalue weighted by molar-refractivity contribution is 5.24. The van der Waals surface area contributed by atoms with Crippen molar-refractivity contribution in [3.05, 3.63) is 29.1 Å². The van der Waals surface area contributed by atoms with Gasteiger partial charge in [0, 0.05) is 25.5 Å². The highest BCUT2D eigenvalue weighted by Gasteiger charge is 2.21. The van der Waals surface area contributed by atoms with Gasteiger partial charge in [-0.2, -0.15) is 0 Å². The van der Waals surface area contributed by atoms with Crippen molar-refractivity contribution >= 4 is 0 Å². The van der Waals surface area contributed by atoms with Crippen LogP contribution in [-0.2, 0) is 12.5 Å². The van der Waals surface area contributed by atoms with Crippen LogP contribution in [0.5, 0.6) is 0 Å². The summed E-state index contributed by atoms with van der Waals surface area (Å²) >= 11 is 0. The molecule has 0 N–H and O–H groups in total. The van der Waals surface area contributed by atoms with Crippen LogP contribution in [0.3, 0.4) is 0 Å². The monoisotopic (exact) mass is 178 g/mol. The van der Waals surface area contributed by atoms with E-state index in [1.807, 2.05) is 0 Å². The first kappa shape index (κ1) is 10.2. The first-order chi connectivity index (χ1) is 5.84. The van der Waals surface area contributed by atoms with Crippen LogP contribution >= 0.6 is 0 Å². The minimum atomic E-state index is 0.246. The molecule has 0 saturated carbocycles. The maximum atomic E-state index is 2.25. The molecule has 1 heteroatoms. The summed E-state index contributed by atoms with van der Waals surface area (Å²) in [6.07, 6.45) is 0. The Hall–Kier alpha value is -0.850. The van der Waals surface area contributed by atoms with Crippen molar-refractivity contribution in [3.8, 4) is 0 Å². The minimum absolute atomic E-state index is 0.246. The van der Waals surface area contributed by atoms with Gasteiger partial charge in [-0.25, -0.2) is 4.57 Å². The second kappa shape index (κ2) is 3.13. The molecule has 0 saturated heterocycles. The molecule has 1 rings (SSSR count). The zero-order chi connectivity index (χ0) is 10.2. The Balaban J connectivity index is 3.35. The Morgan fingerprint density at radius 1 is 1.08 bits per heavy atom. The summed E-state index contributed by atoms with van der Waals surface area (Å²) < 4.78 is 2.25. The molecule has 1 heterocycles. The van der Waals surface area contributed by atoms with E-state index in [9.17, 15) is 0 Å². The van der Waals surface area contributed by atoms with Gasteiger partial charge in [-0.3, -0.25) is 0 Å². The fraction of sp³-hybridized carbons (Fsp3) is 0.583. The zero-order valence-electron chi connectivity index (χ0n) is 9.60. The number of hydrogen-bond acceptors (Lipinski definition) is 0. The van der Waals surface area contributed by atoms with Gasteiger partial charge in [0.05, 0.1) is 0 Å². The molecular weight excluding hydrogens is 158 g/mol. The van der Waals surface area contributed by atoms with E-state index in [0.29, 0.717) is 0 Å². The van der Waals surface area contributed by atoms with E-state index in [4.69, 9.17) is 0 Å². The first-order valence-electron chi connectivity index (χ1n) is 4.81. The molecule has 0 aliphatic rings. The van der Waals surface area contributed by atoms with Crippen LogP contribution in [-0.4, -0.2) is 0 Å². The fourth-order valence-electron chi connectivity index (χ4n) is 1.67. The van der Waals surface area contributed by atoms with Crippen molar-refractivity contribution < 1.29 is 4.57 Å². The van der Waals surface area contributed by atoms with Crippen LogP contribution in [0.25, 0.3) is 0 Å². The summed E-state index contributed by atoms with van der Waals surface area (Å²) in [4.78, 5) is 0. The maximum Gasteiger partial charge on any atom is 0.181 e. The molecule has 0 spiro atoms. The molecule has 0 unspecified atom stereocenters. The molecule has 0 aliphatic heterocycles. The van der Waals surface area contributed by atoms with Gasteiger partial charge in [0.25, 0.3) is 0 Å². The van der Waals surface area contributed by atoms with Crippen molar-refractivity contribution in [1.29, 1.82) is 0 Å². The van der Waals surface area contributed by atoms with Crippen molar-refractivity contribution in [2.24, 2.45) is 7.05 Å². The van der Waals surface area contributed by atoms with Crippen molar-refractivity contribution in [1.82, 2.24) is 0 Å². The zero-order valence-corrected chi connectivity index (χ0v) is 9.60. The minimum Gasteiger partial charge on any atom is -0.203 e. The summed E-state index contributed by atoms with van der Waals surface area (Å²) in [6, 6.07) is 4.43. The molecule has 1 nitrogen and oxygen atoms in total. The Morgan fingerprint density at radius 2 is 1.62 bits per heavy atom. The highest BCUT2D eigenvalue weighted by atomic mass is 14.9. The number of nitrogens with zero attached hydrogens (tertiary/aromatic N) is 1. The lowest BCUT2D eigenvalue weighted by atomic mass is 9.86. The van der Waals surface area contributed by atoms with Crippen LogP contribution in [0.1, 0.15) is 37.7 Å². The largest absolute Gasteiger partial charge is 0.203 e. The summed E-state index contributed by atoms with van der Waals surface area (Å²) in [5, 5.41) is 0. The lowest BCUT2D eigenvalue weighted by Crippen LogP contribution is -2.38. The van der Waals surface area contributed by atoms with Crippen molar-refractivity contribution in [3.63, 3.8) is 0 Å². The topological polar surface area (TPSA) is 3.88 Å². The SMILES string of the molecule is Cc1ccc(C(C)(C)C)c(C)[n+]1C. The second-order valence-corrected chi connectivity index (χ2v) is 4.78. The van der Waals surface area contributed by atoms with Gasteiger partial charge in [-0.15, -0.1) is 0 Å². The van der Waals surface area contributed by atoms with Crippen molar-refractivity contribution in [2.45, 2.75) is 40.0 Å². The van der Waals surface area contributed by atoms with E-state index < -0.39 is 0 Å². The predicted octanol–water partition coefficient (Wildman–Crippen LogP) is 2.43. The average molecular weight is 178 g/mol. The molecule has 1 aromatic rings. The molecule has 0 aromatic carbocycles. The van der Waals surface area contributed by atoms with Crippen LogP contribution in [0, 0.1) is 13.8 Å². The van der Waals surface area contributed by atoms with Gasteiger partial charge in [-0.05, 0) is 11.5 Å². The number of aryl methyl sites for hydroxylation is 1. The standard InChI is InChI=1S/C12H20N/c1-9-7-8-11(12(3,4)5)10(2)13(9)6/h7-8H,1-6H3/q+1. The van der Waals surface area contributed by atoms with E-state index in [0.717, 1.165) is 0 Å². The number of hydrogen-bond donors (Lipinski definition) is 0. The number of pyridine rings is 1. The lowest BCUT2D eigenvalue weighted by molar-refractivity contribution is -0.684. The molecule has 13 heavy (non-hydrogen) atoms. The van der Waals surface area contributed by atoms with Gasteiger partial charge >= 0.3 is 0 Å². The van der Waals surface area contributed by atoms with E-state index >= 15 is 0 Å². The molecule has 0 radical (unpaired) electrons. The quantitative estimate of drug-likeness (QED) is 0.537. The molecule has 0 amide bonds. The molecule has 0 bridgehead atoms. The third kappa shape index (κ3) is 1.90. The predicted molar refractivity (Wildman–Crippen MR) is 55.8 cm³/mol. The van der Waals surface area contributed by atoms with E-state index in [1.165, 1.54) is 17.0 Å². The summed E-state index contributed by atoms with van der Waals surface area (Å²) in [5.41, 5.74) is 4.36. The summed E-state index contributed by atoms with van der Waals surface area (Å²) in [5.74, 6) is 0. The van der Waals surface area contributed by atoms with Crippen LogP contribution in [0.4, 0.5) is 0 Å². The number of rotatable bonds is 0. The van der Waals surface area contributed by atoms with Crippen molar-refractivity contribution in [2.75, 3.05) is 0 Å². The fourth-order valence-corrected chi connectivity index (χ4v) is 1.67. The highest BCUT2D eigenvalue weighted by Crippen LogP contribution is 2.23. The maximum absolute atomic E-state index is 2.25. The third-order valence-electron chi connectivity index (χ3n) is 2.72. The van der Waals surface area contributed by atoms with Gasteiger partial charge in [0.15, 0.2) is 11.4 Å². The molecule has 0 aliphatic carbocycles. The second-order valence-electron chi connectivity index (χ2n) is 4.78. The molecular formula is C12H20N+. The van der Waals surface area contributed by atoms with Gasteiger partial charge in [-0.1, -0.05) is 20.8 Å². The Bertz CT molecular complexity index is 319. The average Bonchev–Trinajstić information content (AvgIpc) is 1.98. The molecule has 1 aromatic heterocycles. The van der Waals surface area contributed by atoms with Gasteiger partial charge in [0.1, 0.15) is 7.05 Å². The lowest BCUT2D eigenvalue weighted by Gasteiger charge is -2.19. The van der Waals surface area contributed by atoms with E-state index in [1.54, 1.807) is 0 Å². The normalized spacial score (nSPS) is 11.8. The smallest absolute Gasteiger partial charge is 0.181 e. The molecule has 0 atom stereocenters. The first-order valence-corrected chi connectivity index (χ1v) is 4.81. The van der Waals surface area contributed by atoms with Crippen LogP contribution in [0.2, 0.25) is 0 Å². The Kier molecular flexibility index (Phi) is 2.47.